The van der Waals surface area contributed by atoms with Crippen LogP contribution >= 0.6 is 23.2 Å². The molecule has 0 aromatic heterocycles. The number of likely N-dealkylation sites (tertiary alicyclic amines) is 1. The van der Waals surface area contributed by atoms with Crippen LogP contribution in [0.25, 0.3) is 0 Å². The summed E-state index contributed by atoms with van der Waals surface area (Å²) in [7, 11) is 0. The van der Waals surface area contributed by atoms with Crippen LogP contribution in [0.4, 0.5) is 0 Å². The molecule has 1 aromatic rings. The van der Waals surface area contributed by atoms with Gasteiger partial charge in [0, 0.05) is 23.1 Å². The molecule has 116 valence electrons. The van der Waals surface area contributed by atoms with E-state index < -0.39 is 0 Å². The monoisotopic (exact) mass is 331 g/mol. The molecule has 0 saturated carbocycles. The van der Waals surface area contributed by atoms with E-state index in [1.54, 1.807) is 30.0 Å². The lowest BCUT2D eigenvalue weighted by Gasteiger charge is -2.33. The van der Waals surface area contributed by atoms with Gasteiger partial charge >= 0.3 is 0 Å². The van der Waals surface area contributed by atoms with Gasteiger partial charge in [0.05, 0.1) is 6.10 Å². The Morgan fingerprint density at radius 3 is 2.43 bits per heavy atom. The Labute approximate surface area is 134 Å². The first-order chi connectivity index (χ1) is 9.95. The lowest BCUT2D eigenvalue weighted by molar-refractivity contribution is -0.135. The van der Waals surface area contributed by atoms with Crippen molar-refractivity contribution in [3.8, 4) is 5.75 Å². The van der Waals surface area contributed by atoms with E-state index in [-0.39, 0.29) is 24.5 Å². The third kappa shape index (κ3) is 4.77. The fourth-order valence-electron chi connectivity index (χ4n) is 2.48. The Bertz CT molecular complexity index is 479. The maximum atomic E-state index is 12.1. The number of hydrogen-bond acceptors (Lipinski definition) is 3. The number of piperidine rings is 1. The van der Waals surface area contributed by atoms with Gasteiger partial charge in [-0.2, -0.15) is 0 Å². The van der Waals surface area contributed by atoms with Crippen molar-refractivity contribution in [2.45, 2.75) is 25.9 Å². The number of carbonyl (C=O) groups is 1. The lowest BCUT2D eigenvalue weighted by Crippen LogP contribution is -2.42. The van der Waals surface area contributed by atoms with Gasteiger partial charge in [-0.05, 0) is 43.9 Å². The smallest absolute Gasteiger partial charge is 0.260 e. The number of amides is 1. The molecule has 4 nitrogen and oxygen atoms in total. The van der Waals surface area contributed by atoms with Crippen LogP contribution in [0.3, 0.4) is 0 Å². The maximum absolute atomic E-state index is 12.1. The highest BCUT2D eigenvalue weighted by Gasteiger charge is 2.25. The van der Waals surface area contributed by atoms with Crippen LogP contribution in [0.5, 0.6) is 5.75 Å². The van der Waals surface area contributed by atoms with Crippen molar-refractivity contribution < 1.29 is 14.6 Å². The molecule has 0 bridgehead atoms. The van der Waals surface area contributed by atoms with Crippen molar-refractivity contribution in [2.24, 2.45) is 5.92 Å². The van der Waals surface area contributed by atoms with Gasteiger partial charge in [0.2, 0.25) is 0 Å². The minimum Gasteiger partial charge on any atom is -0.484 e. The number of benzene rings is 1. The summed E-state index contributed by atoms with van der Waals surface area (Å²) in [5.41, 5.74) is 0. The van der Waals surface area contributed by atoms with Crippen LogP contribution in [-0.4, -0.2) is 41.7 Å². The van der Waals surface area contributed by atoms with Crippen LogP contribution < -0.4 is 4.74 Å². The molecule has 1 saturated heterocycles. The average Bonchev–Trinajstić information content (AvgIpc) is 2.44. The van der Waals surface area contributed by atoms with Gasteiger partial charge in [-0.3, -0.25) is 4.79 Å². The molecule has 21 heavy (non-hydrogen) atoms. The molecule has 0 spiro atoms. The number of hydrogen-bond donors (Lipinski definition) is 1. The lowest BCUT2D eigenvalue weighted by atomic mass is 9.92. The number of aliphatic hydroxyl groups is 1. The Morgan fingerprint density at radius 1 is 1.33 bits per heavy atom. The number of ether oxygens (including phenoxy) is 1. The zero-order valence-electron chi connectivity index (χ0n) is 11.9. The molecule has 1 aliphatic heterocycles. The minimum atomic E-state index is -0.313. The molecule has 0 aliphatic carbocycles. The molecule has 6 heteroatoms. The first-order valence-corrected chi connectivity index (χ1v) is 7.76. The molecule has 1 heterocycles. The second-order valence-electron chi connectivity index (χ2n) is 5.35. The molecule has 1 N–H and O–H groups in total. The van der Waals surface area contributed by atoms with Gasteiger partial charge in [-0.25, -0.2) is 0 Å². The van der Waals surface area contributed by atoms with E-state index in [9.17, 15) is 9.90 Å². The quantitative estimate of drug-likeness (QED) is 0.922. The average molecular weight is 332 g/mol. The van der Waals surface area contributed by atoms with Crippen molar-refractivity contribution in [2.75, 3.05) is 19.7 Å². The van der Waals surface area contributed by atoms with Crippen molar-refractivity contribution in [1.29, 1.82) is 0 Å². The summed E-state index contributed by atoms with van der Waals surface area (Å²) in [5, 5.41) is 10.5. The topological polar surface area (TPSA) is 49.8 Å². The first-order valence-electron chi connectivity index (χ1n) is 7.00. The van der Waals surface area contributed by atoms with E-state index in [1.165, 1.54) is 0 Å². The predicted molar refractivity (Wildman–Crippen MR) is 82.9 cm³/mol. The third-order valence-electron chi connectivity index (χ3n) is 3.77. The standard InChI is InChI=1S/C15H19Cl2NO3/c1-10(19)11-2-4-18(5-3-11)15(20)9-21-14-7-12(16)6-13(17)8-14/h6-8,10-11,19H,2-5,9H2,1H3. The van der Waals surface area contributed by atoms with Crippen LogP contribution in [-0.2, 0) is 4.79 Å². The summed E-state index contributed by atoms with van der Waals surface area (Å²) in [4.78, 5) is 13.9. The van der Waals surface area contributed by atoms with Crippen LogP contribution in [0.1, 0.15) is 19.8 Å². The molecule has 0 radical (unpaired) electrons. The number of nitrogens with zero attached hydrogens (tertiary/aromatic N) is 1. The molecule has 1 amide bonds. The Morgan fingerprint density at radius 2 is 1.90 bits per heavy atom. The van der Waals surface area contributed by atoms with Gasteiger partial charge in [-0.1, -0.05) is 23.2 Å². The molecule has 1 unspecified atom stereocenters. The fraction of sp³-hybridized carbons (Fsp3) is 0.533. The number of aliphatic hydroxyl groups excluding tert-OH is 1. The molecule has 1 atom stereocenters. The zero-order valence-corrected chi connectivity index (χ0v) is 13.4. The van der Waals surface area contributed by atoms with Crippen molar-refractivity contribution in [3.05, 3.63) is 28.2 Å². The van der Waals surface area contributed by atoms with E-state index in [0.29, 0.717) is 28.9 Å². The second-order valence-corrected chi connectivity index (χ2v) is 6.23. The number of halogens is 2. The summed E-state index contributed by atoms with van der Waals surface area (Å²) < 4.78 is 5.45. The first kappa shape index (κ1) is 16.4. The van der Waals surface area contributed by atoms with Crippen LogP contribution in [0.15, 0.2) is 18.2 Å². The van der Waals surface area contributed by atoms with Gasteiger partial charge in [0.15, 0.2) is 6.61 Å². The normalized spacial score (nSPS) is 17.6. The Balaban J connectivity index is 1.82. The van der Waals surface area contributed by atoms with Crippen LogP contribution in [0, 0.1) is 5.92 Å². The van der Waals surface area contributed by atoms with Gasteiger partial charge in [0.1, 0.15) is 5.75 Å². The largest absolute Gasteiger partial charge is 0.484 e. The van der Waals surface area contributed by atoms with Crippen LogP contribution in [0.2, 0.25) is 10.0 Å². The second kappa shape index (κ2) is 7.34. The summed E-state index contributed by atoms with van der Waals surface area (Å²) in [6.07, 6.45) is 1.34. The minimum absolute atomic E-state index is 0.0317. The maximum Gasteiger partial charge on any atom is 0.260 e. The highest BCUT2D eigenvalue weighted by Crippen LogP contribution is 2.24. The molecule has 1 fully saturated rings. The van der Waals surface area contributed by atoms with E-state index in [4.69, 9.17) is 27.9 Å². The highest BCUT2D eigenvalue weighted by molar-refractivity contribution is 6.34. The zero-order chi connectivity index (χ0) is 15.4. The van der Waals surface area contributed by atoms with Crippen molar-refractivity contribution >= 4 is 29.1 Å². The number of carbonyl (C=O) groups excluding carboxylic acids is 1. The van der Waals surface area contributed by atoms with Crippen molar-refractivity contribution in [1.82, 2.24) is 4.90 Å². The summed E-state index contributed by atoms with van der Waals surface area (Å²) in [6.45, 7) is 3.09. The van der Waals surface area contributed by atoms with E-state index in [1.807, 2.05) is 0 Å². The fourth-order valence-corrected chi connectivity index (χ4v) is 2.99. The van der Waals surface area contributed by atoms with E-state index in [0.717, 1.165) is 12.8 Å². The van der Waals surface area contributed by atoms with Crippen molar-refractivity contribution in [3.63, 3.8) is 0 Å². The van der Waals surface area contributed by atoms with E-state index >= 15 is 0 Å². The molecular weight excluding hydrogens is 313 g/mol. The SMILES string of the molecule is CC(O)C1CCN(C(=O)COc2cc(Cl)cc(Cl)c2)CC1. The summed E-state index contributed by atoms with van der Waals surface area (Å²) in [5.74, 6) is 0.705. The van der Waals surface area contributed by atoms with Gasteiger partial charge < -0.3 is 14.7 Å². The Hall–Kier alpha value is -0.970. The third-order valence-corrected chi connectivity index (χ3v) is 4.21. The molecular formula is C15H19Cl2NO3. The Kier molecular flexibility index (Phi) is 5.73. The number of rotatable bonds is 4. The van der Waals surface area contributed by atoms with Gasteiger partial charge in [-0.15, -0.1) is 0 Å². The molecule has 1 aromatic carbocycles. The summed E-state index contributed by atoms with van der Waals surface area (Å²) >= 11 is 11.8. The highest BCUT2D eigenvalue weighted by atomic mass is 35.5. The summed E-state index contributed by atoms with van der Waals surface area (Å²) in [6, 6.07) is 4.86. The van der Waals surface area contributed by atoms with E-state index in [2.05, 4.69) is 0 Å². The molecule has 1 aliphatic rings. The van der Waals surface area contributed by atoms with Gasteiger partial charge in [0.25, 0.3) is 5.91 Å². The molecule has 2 rings (SSSR count). The predicted octanol–water partition coefficient (Wildman–Crippen LogP) is 2.99.